The minimum absolute atomic E-state index is 0.00381. The molecule has 7 heterocycles. The van der Waals surface area contributed by atoms with Crippen LogP contribution in [0.1, 0.15) is 167 Å². The molecule has 9 rings (SSSR count). The van der Waals surface area contributed by atoms with E-state index >= 15 is 28.8 Å². The molecule has 25 nitrogen and oxygen atoms in total. The molecule has 4 aromatic rings. The quantitative estimate of drug-likeness (QED) is 0.0741. The van der Waals surface area contributed by atoms with Crippen molar-refractivity contribution in [1.82, 2.24) is 49.6 Å². The van der Waals surface area contributed by atoms with Crippen LogP contribution in [0.3, 0.4) is 0 Å². The van der Waals surface area contributed by atoms with Gasteiger partial charge in [-0.2, -0.15) is 0 Å². The van der Waals surface area contributed by atoms with Crippen LogP contribution in [0.15, 0.2) is 91.3 Å². The van der Waals surface area contributed by atoms with Crippen molar-refractivity contribution in [3.63, 3.8) is 0 Å². The van der Waals surface area contributed by atoms with Gasteiger partial charge in [-0.05, 0) is 140 Å². The van der Waals surface area contributed by atoms with E-state index in [1.807, 2.05) is 128 Å². The van der Waals surface area contributed by atoms with Crippen LogP contribution in [0.4, 0.5) is 11.6 Å². The van der Waals surface area contributed by atoms with Crippen molar-refractivity contribution < 1.29 is 62.3 Å². The predicted molar refractivity (Wildman–Crippen MR) is 446 cm³/mol. The van der Waals surface area contributed by atoms with E-state index in [2.05, 4.69) is 83.8 Å². The highest BCUT2D eigenvalue weighted by Crippen LogP contribution is 2.38. The molecule has 0 spiro atoms. The van der Waals surface area contributed by atoms with E-state index in [1.165, 1.54) is 49.7 Å². The molecule has 5 aliphatic heterocycles. The number of rotatable bonds is 17. The summed E-state index contributed by atoms with van der Waals surface area (Å²) in [5.41, 5.74) is 1.49. The summed E-state index contributed by atoms with van der Waals surface area (Å²) in [6, 6.07) is 17.5. The molecular weight excluding hydrogens is 1440 g/mol. The van der Waals surface area contributed by atoms with E-state index in [1.54, 1.807) is 32.7 Å². The molecule has 26 heteroatoms. The molecule has 2 aromatic heterocycles. The Bertz CT molecular complexity index is 3900. The van der Waals surface area contributed by atoms with Crippen molar-refractivity contribution in [3.8, 4) is 11.1 Å². The van der Waals surface area contributed by atoms with Gasteiger partial charge in [0.25, 0.3) is 5.91 Å². The van der Waals surface area contributed by atoms with Crippen LogP contribution < -0.4 is 20.6 Å². The van der Waals surface area contributed by atoms with Gasteiger partial charge in [-0.15, -0.1) is 0 Å². The Morgan fingerprint density at radius 1 is 0.561 bits per heavy atom. The van der Waals surface area contributed by atoms with Crippen molar-refractivity contribution >= 4 is 77.2 Å². The highest BCUT2D eigenvalue weighted by atomic mass is 16.7. The first kappa shape index (κ1) is 91.4. The third-order valence-electron chi connectivity index (χ3n) is 24.6. The Kier molecular flexibility index (Phi) is 31.8. The second kappa shape index (κ2) is 39.7. The summed E-state index contributed by atoms with van der Waals surface area (Å²) in [4.78, 5) is 162. The third-order valence-corrected chi connectivity index (χ3v) is 24.6. The molecule has 5 saturated heterocycles. The number of likely N-dealkylation sites (N-methyl/N-ethyl adjacent to an activating group) is 6. The normalized spacial score (nSPS) is 25.6. The molecule has 6 amide bonds. The van der Waals surface area contributed by atoms with Gasteiger partial charge in [0.2, 0.25) is 29.5 Å². The van der Waals surface area contributed by atoms with E-state index in [0.29, 0.717) is 36.8 Å². The number of fused-ring (bicyclic) bond motifs is 1. The standard InChI is InChI=1S/C72H107N9O11.C16H26BN3O2/c1-18-47(9)54-42-58(82)56-29-24-32-81(56)69(88)57(40-50-27-23-28-51(38-50)52-30-31-60(73-43-52)80-35-33-75(13)34-36-80)76(14)68(87)55(39-49-25-21-20-22-26-49)74-65(84)62(46(7)8)78(16)70(89)63(48(10)19-2)92-71(90)64(72(11,12)91)79(17)66(85)53(37-44(3)4)41-59(83)61(45(5)6)77(15)67(54)86;1-15(2)16(3,4)22-17(21-15)13-6-7-14(18-12-13)20-10-8-19(5)9-11-20/h20-23,25-28,30-31,38,43-48,53-57,61-64,91H,18-19,24,29,32-37,39-42H2,1-17H3,(H,74,84);6-7,12H,8-11H2,1-5H3/t47?,48?,53?,54-,55-,56-,57-,61-,62-,63+,64+;/m0./s1. The minimum Gasteiger partial charge on any atom is -0.450 e. The maximum Gasteiger partial charge on any atom is 0.496 e. The second-order valence-corrected chi connectivity index (χ2v) is 35.5. The molecule has 3 unspecified atom stereocenters. The first-order valence-corrected chi connectivity index (χ1v) is 41.5. The number of aliphatic hydroxyl groups is 1. The van der Waals surface area contributed by atoms with Crippen LogP contribution in [-0.4, -0.2) is 270 Å². The fourth-order valence-corrected chi connectivity index (χ4v) is 16.5. The summed E-state index contributed by atoms with van der Waals surface area (Å²) in [5, 5.41) is 14.8. The topological polar surface area (TPSA) is 269 Å². The second-order valence-electron chi connectivity index (χ2n) is 35.5. The summed E-state index contributed by atoms with van der Waals surface area (Å²) < 4.78 is 18.3. The van der Waals surface area contributed by atoms with Gasteiger partial charge in [0.05, 0.1) is 28.9 Å². The number of benzene rings is 2. The number of nitrogens with one attached hydrogen (secondary N) is 1. The molecule has 2 aromatic carbocycles. The zero-order valence-corrected chi connectivity index (χ0v) is 72.3. The largest absolute Gasteiger partial charge is 0.496 e. The molecule has 0 radical (unpaired) electrons. The first-order valence-electron chi connectivity index (χ1n) is 41.5. The molecule has 114 heavy (non-hydrogen) atoms. The highest BCUT2D eigenvalue weighted by Gasteiger charge is 2.53. The molecule has 0 saturated carbocycles. The van der Waals surface area contributed by atoms with Crippen LogP contribution in [-0.2, 0) is 70.0 Å². The van der Waals surface area contributed by atoms with Gasteiger partial charge in [-0.1, -0.05) is 136 Å². The van der Waals surface area contributed by atoms with Gasteiger partial charge in [-0.3, -0.25) is 38.4 Å². The molecule has 5 fully saturated rings. The summed E-state index contributed by atoms with van der Waals surface area (Å²) in [7, 11) is 9.79. The Hall–Kier alpha value is -8.17. The number of cyclic esters (lactones) is 1. The fourth-order valence-electron chi connectivity index (χ4n) is 16.5. The van der Waals surface area contributed by atoms with Crippen LogP contribution in [0.5, 0.6) is 0 Å². The number of carbonyl (C=O) groups excluding carboxylic acids is 9. The zero-order chi connectivity index (χ0) is 84.2. The number of nitrogens with zero attached hydrogens (tertiary/aromatic N) is 11. The van der Waals surface area contributed by atoms with Gasteiger partial charge >= 0.3 is 13.1 Å². The molecule has 0 aliphatic carbocycles. The number of ketones is 2. The molecule has 0 bridgehead atoms. The van der Waals surface area contributed by atoms with Crippen LogP contribution in [0, 0.1) is 41.4 Å². The lowest BCUT2D eigenvalue weighted by atomic mass is 9.80. The number of amides is 6. The van der Waals surface area contributed by atoms with E-state index < -0.39 is 125 Å². The van der Waals surface area contributed by atoms with Gasteiger partial charge in [0, 0.05) is 154 Å². The average molecular weight is 1580 g/mol. The van der Waals surface area contributed by atoms with Gasteiger partial charge in [-0.25, -0.2) is 14.8 Å². The van der Waals surface area contributed by atoms with Gasteiger partial charge < -0.3 is 68.6 Å². The van der Waals surface area contributed by atoms with Crippen molar-refractivity contribution in [2.45, 2.75) is 228 Å². The summed E-state index contributed by atoms with van der Waals surface area (Å²) in [5.74, 6) is -7.59. The lowest BCUT2D eigenvalue weighted by Gasteiger charge is -2.39. The maximum atomic E-state index is 15.9. The van der Waals surface area contributed by atoms with E-state index in [4.69, 9.17) is 19.0 Å². The minimum atomic E-state index is -1.95. The number of esters is 1. The predicted octanol–water partition coefficient (Wildman–Crippen LogP) is 8.50. The lowest BCUT2D eigenvalue weighted by Crippen LogP contribution is -2.61. The van der Waals surface area contributed by atoms with Crippen molar-refractivity contribution in [2.75, 3.05) is 111 Å². The number of Topliss-reactive ketones (excluding diaryl/α,β-unsaturated/α-hetero) is 2. The monoisotopic (exact) mass is 1580 g/mol. The number of ether oxygens (including phenoxy) is 1. The van der Waals surface area contributed by atoms with Gasteiger partial charge in [0.1, 0.15) is 29.8 Å². The molecule has 5 aliphatic rings. The summed E-state index contributed by atoms with van der Waals surface area (Å²) >= 11 is 0. The van der Waals surface area contributed by atoms with E-state index in [9.17, 15) is 19.5 Å². The fraction of sp³-hybridized carbons (Fsp3) is 0.648. The Labute approximate surface area is 679 Å². The Morgan fingerprint density at radius 3 is 1.63 bits per heavy atom. The molecule has 2 N–H and O–H groups in total. The number of hydrogen-bond donors (Lipinski definition) is 2. The smallest absolute Gasteiger partial charge is 0.450 e. The number of carbonyl (C=O) groups is 9. The van der Waals surface area contributed by atoms with Crippen molar-refractivity contribution in [2.24, 2.45) is 41.4 Å². The summed E-state index contributed by atoms with van der Waals surface area (Å²) in [6.45, 7) is 37.2. The SMILES string of the molecule is CCC(C)[C@@H]1CC(=O)[C@@H]2CCCN2C(=O)[C@H](Cc2cccc(-c3ccc(N4CCN(C)CC4)nc3)c2)N(C)C(=O)[C@H](Cc2ccccc2)NC(=O)[C@H](C(C)C)N(C)C(=O)[C@@H](C(C)CC)OC(=O)[C@H](C(C)(C)O)N(C)C(=O)C(CC(C)C)CC(=O)[C@H](C(C)C)N(C)C1=O.CN1CCN(c2ccc(B3OC(C)(C)C(C)(C)O3)cn2)CC1. The molecule has 626 valence electrons. The van der Waals surface area contributed by atoms with E-state index in [0.717, 1.165) is 85.5 Å². The number of hydrogen-bond acceptors (Lipinski definition) is 19. The lowest BCUT2D eigenvalue weighted by molar-refractivity contribution is -0.178. The Morgan fingerprint density at radius 2 is 1.11 bits per heavy atom. The number of pyridine rings is 2. The van der Waals surface area contributed by atoms with Crippen LogP contribution in [0.25, 0.3) is 11.1 Å². The van der Waals surface area contributed by atoms with Gasteiger partial charge in [0.15, 0.2) is 23.7 Å². The molecule has 11 atom stereocenters. The zero-order valence-electron chi connectivity index (χ0n) is 72.3. The molecular formula is C88H133BN12O13. The summed E-state index contributed by atoms with van der Waals surface area (Å²) in [6.07, 6.45) is 3.45. The maximum absolute atomic E-state index is 15.9. The average Bonchev–Trinajstić information content (AvgIpc) is 1.66. The van der Waals surface area contributed by atoms with Crippen LogP contribution in [0.2, 0.25) is 0 Å². The number of piperazine rings is 2. The third kappa shape index (κ3) is 22.5. The highest BCUT2D eigenvalue weighted by molar-refractivity contribution is 6.62. The Balaban J connectivity index is 0.000000628. The van der Waals surface area contributed by atoms with Crippen molar-refractivity contribution in [3.05, 3.63) is 102 Å². The number of anilines is 2. The first-order chi connectivity index (χ1) is 53.6. The number of aromatic nitrogens is 2. The van der Waals surface area contributed by atoms with E-state index in [-0.39, 0.29) is 74.6 Å². The van der Waals surface area contributed by atoms with Crippen LogP contribution >= 0.6 is 0 Å². The van der Waals surface area contributed by atoms with Crippen molar-refractivity contribution in [1.29, 1.82) is 0 Å².